The van der Waals surface area contributed by atoms with Crippen molar-refractivity contribution in [2.75, 3.05) is 7.11 Å². The number of aliphatic hydroxyl groups is 1. The van der Waals surface area contributed by atoms with E-state index in [4.69, 9.17) is 28.1 Å². The second-order valence-corrected chi connectivity index (χ2v) is 14.0. The maximum absolute atomic E-state index is 15.0. The Labute approximate surface area is 250 Å². The van der Waals surface area contributed by atoms with E-state index >= 15 is 0 Å². The molecule has 5 heterocycles. The molecule has 11 atom stereocenters. The molecule has 7 rings (SSSR count). The van der Waals surface area contributed by atoms with Crippen LogP contribution in [0.3, 0.4) is 0 Å². The number of hydrogen-bond donors (Lipinski definition) is 1. The van der Waals surface area contributed by atoms with Gasteiger partial charge >= 0.3 is 17.9 Å². The number of furan rings is 1. The average Bonchev–Trinajstić information content (AvgIpc) is 3.55. The van der Waals surface area contributed by atoms with Crippen LogP contribution in [0.5, 0.6) is 0 Å². The lowest BCUT2D eigenvalue weighted by Gasteiger charge is -2.68. The van der Waals surface area contributed by atoms with E-state index in [1.54, 1.807) is 33.8 Å². The summed E-state index contributed by atoms with van der Waals surface area (Å²) < 4.78 is 35.4. The summed E-state index contributed by atoms with van der Waals surface area (Å²) >= 11 is 0. The molecule has 1 aromatic heterocycles. The lowest BCUT2D eigenvalue weighted by Crippen LogP contribution is -2.83. The van der Waals surface area contributed by atoms with Crippen LogP contribution in [0.2, 0.25) is 0 Å². The summed E-state index contributed by atoms with van der Waals surface area (Å²) in [6.07, 6.45) is -1.52. The van der Waals surface area contributed by atoms with Gasteiger partial charge in [-0.3, -0.25) is 14.4 Å². The number of carbonyl (C=O) groups is 4. The van der Waals surface area contributed by atoms with E-state index in [1.807, 2.05) is 13.8 Å². The highest BCUT2D eigenvalue weighted by molar-refractivity contribution is 5.94. The van der Waals surface area contributed by atoms with Gasteiger partial charge in [0.15, 0.2) is 12.2 Å². The topological polar surface area (TPSA) is 148 Å². The molecular formula is C32H40O11. The van der Waals surface area contributed by atoms with Crippen molar-refractivity contribution in [3.05, 3.63) is 36.3 Å². The van der Waals surface area contributed by atoms with Crippen molar-refractivity contribution in [1.82, 2.24) is 0 Å². The number of rotatable bonds is 5. The minimum atomic E-state index is -2.47. The van der Waals surface area contributed by atoms with Gasteiger partial charge in [-0.25, -0.2) is 4.79 Å². The Morgan fingerprint density at radius 3 is 2.49 bits per heavy atom. The number of carbonyl (C=O) groups excluding carboxylic acids is 4. The normalized spacial score (nSPS) is 45.0. The van der Waals surface area contributed by atoms with Crippen LogP contribution in [0.25, 0.3) is 0 Å². The van der Waals surface area contributed by atoms with Gasteiger partial charge in [0.05, 0.1) is 37.4 Å². The van der Waals surface area contributed by atoms with Gasteiger partial charge in [0, 0.05) is 28.2 Å². The number of ether oxygens (including phenoxy) is 5. The van der Waals surface area contributed by atoms with Gasteiger partial charge in [-0.05, 0) is 31.4 Å². The first-order chi connectivity index (χ1) is 20.0. The Bertz CT molecular complexity index is 1400. The zero-order valence-corrected chi connectivity index (χ0v) is 25.6. The molecule has 4 saturated heterocycles. The van der Waals surface area contributed by atoms with Crippen LogP contribution in [-0.4, -0.2) is 65.6 Å². The third-order valence-electron chi connectivity index (χ3n) is 11.4. The Balaban J connectivity index is 1.56. The van der Waals surface area contributed by atoms with Gasteiger partial charge in [0.25, 0.3) is 0 Å². The van der Waals surface area contributed by atoms with Crippen LogP contribution in [0.1, 0.15) is 72.5 Å². The first-order valence-electron chi connectivity index (χ1n) is 14.9. The molecule has 6 aliphatic rings. The first-order valence-corrected chi connectivity index (χ1v) is 14.9. The molecule has 1 N–H and O–H groups in total. The second kappa shape index (κ2) is 9.25. The van der Waals surface area contributed by atoms with Crippen molar-refractivity contribution in [2.24, 2.45) is 34.0 Å². The number of cyclic esters (lactones) is 1. The molecule has 1 aromatic rings. The monoisotopic (exact) mass is 600 g/mol. The van der Waals surface area contributed by atoms with Gasteiger partial charge in [0.2, 0.25) is 5.79 Å². The van der Waals surface area contributed by atoms with Gasteiger partial charge in [-0.15, -0.1) is 0 Å². The third kappa shape index (κ3) is 3.52. The highest BCUT2D eigenvalue weighted by Crippen LogP contribution is 2.73. The summed E-state index contributed by atoms with van der Waals surface area (Å²) in [5.74, 6) is -6.88. The number of esters is 3. The Kier molecular flexibility index (Phi) is 6.46. The molecule has 234 valence electrons. The van der Waals surface area contributed by atoms with Crippen molar-refractivity contribution in [1.29, 1.82) is 0 Å². The van der Waals surface area contributed by atoms with Gasteiger partial charge in [0.1, 0.15) is 23.6 Å². The van der Waals surface area contributed by atoms with Crippen LogP contribution in [0.4, 0.5) is 0 Å². The Hall–Kier alpha value is -3.02. The predicted molar refractivity (Wildman–Crippen MR) is 147 cm³/mol. The van der Waals surface area contributed by atoms with E-state index < -0.39 is 87.7 Å². The van der Waals surface area contributed by atoms with E-state index in [2.05, 4.69) is 6.58 Å². The molecule has 43 heavy (non-hydrogen) atoms. The first kappa shape index (κ1) is 30.0. The molecule has 4 bridgehead atoms. The van der Waals surface area contributed by atoms with Gasteiger partial charge in [-0.1, -0.05) is 41.2 Å². The maximum Gasteiger partial charge on any atom is 0.335 e. The fraction of sp³-hybridized carbons (Fsp3) is 0.688. The standard InChI is InChI=1S/C32H40O11/c1-9-15(2)24(35)41-26-28(4,5)21-20(25(36)38-8)42-32(26,37)27-30(21,7)22(34)18-12-29(6)23(17-10-11-39-14-17)40-19(33)13-31(29,43-27)16(18)3/h10-11,14-15,18,20-21,23,26-27,37H,3,9,12-13H2,1-2,4-8H3/t15-,18+,20-,21-,23+,26-,27-,29+,30+,31+,32+/m1/s1. The number of hydrogen-bond acceptors (Lipinski definition) is 11. The SMILES string of the molecule is C=C1[C@@H]2C[C@@]3(C)[C@H](c4ccoc4)OC(=O)C[C@]13O[C@H]1[C@@]3(O)O[C@@H](C(=O)OC)[C@H](C(C)(C)[C@H]3OC(=O)[C@H](C)CC)[C@@]1(C)C2=O. The number of fused-ring (bicyclic) bond motifs is 3. The van der Waals surface area contributed by atoms with Gasteiger partial charge < -0.3 is 33.2 Å². The highest BCUT2D eigenvalue weighted by Gasteiger charge is 2.84. The van der Waals surface area contributed by atoms with E-state index in [0.29, 0.717) is 17.6 Å². The molecule has 1 spiro atoms. The van der Waals surface area contributed by atoms with Crippen LogP contribution in [0, 0.1) is 34.0 Å². The zero-order valence-electron chi connectivity index (χ0n) is 25.6. The fourth-order valence-electron chi connectivity index (χ4n) is 9.16. The summed E-state index contributed by atoms with van der Waals surface area (Å²) in [6.45, 7) is 14.9. The Morgan fingerprint density at radius 1 is 1.19 bits per heavy atom. The van der Waals surface area contributed by atoms with E-state index in [9.17, 15) is 24.3 Å². The molecular weight excluding hydrogens is 560 g/mol. The van der Waals surface area contributed by atoms with E-state index in [0.717, 1.165) is 0 Å². The minimum absolute atomic E-state index is 0.248. The molecule has 0 unspecified atom stereocenters. The van der Waals surface area contributed by atoms with Crippen molar-refractivity contribution in [3.63, 3.8) is 0 Å². The predicted octanol–water partition coefficient (Wildman–Crippen LogP) is 3.44. The molecule has 6 fully saturated rings. The number of ketones is 1. The minimum Gasteiger partial charge on any atom is -0.472 e. The maximum atomic E-state index is 15.0. The van der Waals surface area contributed by atoms with Crippen LogP contribution in [0.15, 0.2) is 35.2 Å². The van der Waals surface area contributed by atoms with Crippen molar-refractivity contribution < 1.29 is 52.4 Å². The lowest BCUT2D eigenvalue weighted by molar-refractivity contribution is -0.444. The Morgan fingerprint density at radius 2 is 1.88 bits per heavy atom. The van der Waals surface area contributed by atoms with Crippen LogP contribution in [-0.2, 0) is 42.9 Å². The molecule has 2 aliphatic carbocycles. The lowest BCUT2D eigenvalue weighted by atomic mass is 9.46. The van der Waals surface area contributed by atoms with Gasteiger partial charge in [-0.2, -0.15) is 0 Å². The smallest absolute Gasteiger partial charge is 0.335 e. The largest absolute Gasteiger partial charge is 0.472 e. The molecule has 0 radical (unpaired) electrons. The number of methoxy groups -OCH3 is 1. The summed E-state index contributed by atoms with van der Waals surface area (Å²) in [6, 6.07) is 1.69. The summed E-state index contributed by atoms with van der Waals surface area (Å²) in [5.41, 5.74) is -4.13. The summed E-state index contributed by atoms with van der Waals surface area (Å²) in [5, 5.41) is 12.7. The number of Topliss-reactive ketones (excluding diaryl/α,β-unsaturated/α-hetero) is 1. The fourth-order valence-corrected chi connectivity index (χ4v) is 9.16. The third-order valence-corrected chi connectivity index (χ3v) is 11.4. The van der Waals surface area contributed by atoms with Crippen LogP contribution < -0.4 is 0 Å². The van der Waals surface area contributed by atoms with Crippen molar-refractivity contribution in [3.8, 4) is 0 Å². The average molecular weight is 601 g/mol. The molecule has 11 heteroatoms. The second-order valence-electron chi connectivity index (χ2n) is 14.0. The van der Waals surface area contributed by atoms with E-state index in [-0.39, 0.29) is 18.6 Å². The van der Waals surface area contributed by atoms with E-state index in [1.165, 1.54) is 19.6 Å². The van der Waals surface area contributed by atoms with Crippen molar-refractivity contribution in [2.45, 2.75) is 96.6 Å². The molecule has 4 aliphatic heterocycles. The molecule has 0 amide bonds. The molecule has 0 aromatic carbocycles. The summed E-state index contributed by atoms with van der Waals surface area (Å²) in [4.78, 5) is 54.6. The van der Waals surface area contributed by atoms with Crippen molar-refractivity contribution >= 4 is 23.7 Å². The highest BCUT2D eigenvalue weighted by atomic mass is 16.7. The molecule has 11 nitrogen and oxygen atoms in total. The molecule has 2 saturated carbocycles. The quantitative estimate of drug-likeness (QED) is 0.301. The summed E-state index contributed by atoms with van der Waals surface area (Å²) in [7, 11) is 1.20. The van der Waals surface area contributed by atoms with Crippen LogP contribution >= 0.6 is 0 Å². The zero-order chi connectivity index (χ0) is 31.5.